The molecule has 0 radical (unpaired) electrons. The Labute approximate surface area is 111 Å². The zero-order valence-electron chi connectivity index (χ0n) is 8.88. The Hall–Kier alpha value is -1.86. The van der Waals surface area contributed by atoms with Crippen LogP contribution in [0.4, 0.5) is 11.6 Å². The zero-order chi connectivity index (χ0) is 13.3. The van der Waals surface area contributed by atoms with Crippen molar-refractivity contribution in [2.45, 2.75) is 6.54 Å². The monoisotopic (exact) mass is 287 g/mol. The number of rotatable bonds is 3. The van der Waals surface area contributed by atoms with Crippen molar-refractivity contribution in [2.75, 3.05) is 5.73 Å². The van der Waals surface area contributed by atoms with Gasteiger partial charge in [-0.3, -0.25) is 0 Å². The van der Waals surface area contributed by atoms with E-state index in [1.165, 1.54) is 10.9 Å². The highest BCUT2D eigenvalue weighted by Crippen LogP contribution is 2.23. The van der Waals surface area contributed by atoms with Crippen molar-refractivity contribution in [3.63, 3.8) is 0 Å². The summed E-state index contributed by atoms with van der Waals surface area (Å²) in [5.74, 6) is -0.0983. The van der Waals surface area contributed by atoms with Crippen molar-refractivity contribution < 1.29 is 4.92 Å². The molecular formula is C9H7Cl2N5O2. The van der Waals surface area contributed by atoms with Gasteiger partial charge in [0, 0.05) is 0 Å². The highest BCUT2D eigenvalue weighted by Gasteiger charge is 2.19. The number of nitrogens with zero attached hydrogens (tertiary/aromatic N) is 4. The van der Waals surface area contributed by atoms with E-state index in [9.17, 15) is 10.1 Å². The number of pyridine rings is 1. The van der Waals surface area contributed by atoms with Gasteiger partial charge in [0.1, 0.15) is 12.4 Å². The maximum atomic E-state index is 10.6. The molecule has 2 N–H and O–H groups in total. The second kappa shape index (κ2) is 4.79. The van der Waals surface area contributed by atoms with Gasteiger partial charge >= 0.3 is 5.82 Å². The molecule has 2 heterocycles. The number of hydrogen-bond acceptors (Lipinski definition) is 5. The molecule has 18 heavy (non-hydrogen) atoms. The first kappa shape index (κ1) is 12.6. The third-order valence-electron chi connectivity index (χ3n) is 2.12. The number of aromatic nitrogens is 3. The first-order valence-corrected chi connectivity index (χ1v) is 5.51. The predicted octanol–water partition coefficient (Wildman–Crippen LogP) is 2.12. The van der Waals surface area contributed by atoms with Gasteiger partial charge in [0.15, 0.2) is 5.02 Å². The molecule has 0 bridgehead atoms. The molecule has 9 heteroatoms. The van der Waals surface area contributed by atoms with Crippen LogP contribution in [0.5, 0.6) is 0 Å². The van der Waals surface area contributed by atoms with Crippen LogP contribution in [-0.4, -0.2) is 19.7 Å². The third-order valence-corrected chi connectivity index (χ3v) is 2.73. The van der Waals surface area contributed by atoms with Gasteiger partial charge in [-0.2, -0.15) is 4.68 Å². The van der Waals surface area contributed by atoms with Gasteiger partial charge in [-0.25, -0.2) is 4.98 Å². The number of halogens is 2. The third kappa shape index (κ3) is 2.52. The van der Waals surface area contributed by atoms with Gasteiger partial charge in [-0.15, -0.1) is 0 Å². The Balaban J connectivity index is 2.31. The summed E-state index contributed by atoms with van der Waals surface area (Å²) in [4.78, 5) is 14.0. The molecule has 0 spiro atoms. The van der Waals surface area contributed by atoms with E-state index in [4.69, 9.17) is 28.9 Å². The van der Waals surface area contributed by atoms with Crippen molar-refractivity contribution >= 4 is 34.8 Å². The first-order chi connectivity index (χ1) is 8.47. The second-order valence-electron chi connectivity index (χ2n) is 3.42. The number of hydrogen-bond donors (Lipinski definition) is 1. The minimum absolute atomic E-state index is 0.0416. The lowest BCUT2D eigenvalue weighted by Crippen LogP contribution is -2.05. The first-order valence-electron chi connectivity index (χ1n) is 4.75. The Morgan fingerprint density at radius 3 is 2.72 bits per heavy atom. The van der Waals surface area contributed by atoms with Crippen molar-refractivity contribution in [3.8, 4) is 0 Å². The number of anilines is 1. The average Bonchev–Trinajstić information content (AvgIpc) is 2.65. The molecule has 0 fully saturated rings. The molecule has 0 aliphatic rings. The molecule has 2 aromatic heterocycles. The Kier molecular flexibility index (Phi) is 3.35. The average molecular weight is 288 g/mol. The molecule has 0 aromatic carbocycles. The molecule has 0 atom stereocenters. The zero-order valence-corrected chi connectivity index (χ0v) is 10.4. The quantitative estimate of drug-likeness (QED) is 0.688. The van der Waals surface area contributed by atoms with Crippen LogP contribution >= 0.6 is 23.2 Å². The van der Waals surface area contributed by atoms with Gasteiger partial charge in [-0.1, -0.05) is 23.2 Å². The fraction of sp³-hybridized carbons (Fsp3) is 0.111. The minimum atomic E-state index is -0.660. The van der Waals surface area contributed by atoms with E-state index in [0.717, 1.165) is 0 Å². The maximum Gasteiger partial charge on any atom is 0.408 e. The number of nitrogens with two attached hydrogens (primary N) is 1. The molecular weight excluding hydrogens is 281 g/mol. The summed E-state index contributed by atoms with van der Waals surface area (Å²) in [6.45, 7) is 0.150. The summed E-state index contributed by atoms with van der Waals surface area (Å²) in [5.41, 5.74) is 5.99. The largest absolute Gasteiger partial charge is 0.408 e. The van der Waals surface area contributed by atoms with Crippen LogP contribution in [0, 0.1) is 10.1 Å². The summed E-state index contributed by atoms with van der Waals surface area (Å²) in [5, 5.41) is 14.7. The molecule has 0 aliphatic heterocycles. The van der Waals surface area contributed by atoms with E-state index in [1.54, 1.807) is 12.1 Å². The Bertz CT molecular complexity index is 613. The lowest BCUT2D eigenvalue weighted by Gasteiger charge is -2.02. The summed E-state index contributed by atoms with van der Waals surface area (Å²) in [7, 11) is 0. The predicted molar refractivity (Wildman–Crippen MR) is 66.7 cm³/mol. The van der Waals surface area contributed by atoms with Crippen LogP contribution in [0.1, 0.15) is 5.69 Å². The second-order valence-corrected chi connectivity index (χ2v) is 4.23. The summed E-state index contributed by atoms with van der Waals surface area (Å²) in [6, 6.07) is 3.16. The minimum Gasteiger partial charge on any atom is -0.384 e. The topological polar surface area (TPSA) is 99.9 Å². The smallest absolute Gasteiger partial charge is 0.384 e. The summed E-state index contributed by atoms with van der Waals surface area (Å²) in [6.07, 6.45) is 1.33. The molecule has 2 aromatic rings. The standard InChI is InChI=1S/C9H7Cl2N5O2/c10-5-1-2-8(12)13-7(5)4-15-3-6(11)9(14-15)16(17)18/h1-3H,4H2,(H2,12,13). The van der Waals surface area contributed by atoms with E-state index in [2.05, 4.69) is 10.1 Å². The van der Waals surface area contributed by atoms with E-state index in [1.807, 2.05) is 0 Å². The van der Waals surface area contributed by atoms with Crippen molar-refractivity contribution in [2.24, 2.45) is 0 Å². The van der Waals surface area contributed by atoms with Gasteiger partial charge in [0.05, 0.1) is 22.0 Å². The van der Waals surface area contributed by atoms with E-state index in [-0.39, 0.29) is 11.6 Å². The number of nitrogen functional groups attached to an aromatic ring is 1. The van der Waals surface area contributed by atoms with Crippen molar-refractivity contribution in [1.82, 2.24) is 14.8 Å². The molecule has 0 saturated carbocycles. The van der Waals surface area contributed by atoms with E-state index < -0.39 is 10.7 Å². The Morgan fingerprint density at radius 1 is 1.39 bits per heavy atom. The highest BCUT2D eigenvalue weighted by atomic mass is 35.5. The molecule has 0 unspecified atom stereocenters. The van der Waals surface area contributed by atoms with Crippen LogP contribution < -0.4 is 5.73 Å². The SMILES string of the molecule is Nc1ccc(Cl)c(Cn2cc(Cl)c([N+](=O)[O-])n2)n1. The van der Waals surface area contributed by atoms with E-state index in [0.29, 0.717) is 16.5 Å². The van der Waals surface area contributed by atoms with Crippen molar-refractivity contribution in [3.05, 3.63) is 44.2 Å². The van der Waals surface area contributed by atoms with E-state index >= 15 is 0 Å². The molecule has 0 amide bonds. The molecule has 2 rings (SSSR count). The van der Waals surface area contributed by atoms with Crippen LogP contribution in [0.25, 0.3) is 0 Å². The van der Waals surface area contributed by atoms with Crippen LogP contribution in [0.2, 0.25) is 10.0 Å². The van der Waals surface area contributed by atoms with Gasteiger partial charge in [0.25, 0.3) is 0 Å². The van der Waals surface area contributed by atoms with Crippen LogP contribution in [0.15, 0.2) is 18.3 Å². The van der Waals surface area contributed by atoms with Gasteiger partial charge < -0.3 is 15.8 Å². The summed E-state index contributed by atoms with van der Waals surface area (Å²) < 4.78 is 1.29. The maximum absolute atomic E-state index is 10.6. The van der Waals surface area contributed by atoms with Crippen molar-refractivity contribution in [1.29, 1.82) is 0 Å². The van der Waals surface area contributed by atoms with Crippen LogP contribution in [-0.2, 0) is 6.54 Å². The molecule has 94 valence electrons. The molecule has 0 aliphatic carbocycles. The van der Waals surface area contributed by atoms with Gasteiger partial charge in [0.2, 0.25) is 0 Å². The highest BCUT2D eigenvalue weighted by molar-refractivity contribution is 6.32. The Morgan fingerprint density at radius 2 is 2.11 bits per heavy atom. The number of nitro groups is 1. The lowest BCUT2D eigenvalue weighted by molar-refractivity contribution is -0.389. The van der Waals surface area contributed by atoms with Crippen LogP contribution in [0.3, 0.4) is 0 Å². The lowest BCUT2D eigenvalue weighted by atomic mass is 10.3. The van der Waals surface area contributed by atoms with Gasteiger partial charge in [-0.05, 0) is 17.1 Å². The fourth-order valence-electron chi connectivity index (χ4n) is 1.36. The normalized spacial score (nSPS) is 10.6. The molecule has 7 nitrogen and oxygen atoms in total. The summed E-state index contributed by atoms with van der Waals surface area (Å²) >= 11 is 11.6. The fourth-order valence-corrected chi connectivity index (χ4v) is 1.74. The molecule has 0 saturated heterocycles.